The zero-order valence-electron chi connectivity index (χ0n) is 21.4. The lowest BCUT2D eigenvalue weighted by Crippen LogP contribution is -2.57. The second-order valence-corrected chi connectivity index (χ2v) is 10.8. The topological polar surface area (TPSA) is 61.1 Å². The predicted octanol–water partition coefficient (Wildman–Crippen LogP) is 3.34. The Kier molecular flexibility index (Phi) is 7.07. The summed E-state index contributed by atoms with van der Waals surface area (Å²) in [5.74, 6) is 2.30. The number of ether oxygens (including phenoxy) is 1. The Bertz CT molecular complexity index is 1130. The summed E-state index contributed by atoms with van der Waals surface area (Å²) in [5.41, 5.74) is 2.14. The molecule has 0 N–H and O–H groups in total. The van der Waals surface area contributed by atoms with Gasteiger partial charge in [0, 0.05) is 70.0 Å². The molecule has 8 heteroatoms. The number of aromatic nitrogens is 2. The van der Waals surface area contributed by atoms with Crippen molar-refractivity contribution in [2.24, 2.45) is 5.92 Å². The Labute approximate surface area is 213 Å². The second-order valence-electron chi connectivity index (χ2n) is 10.8. The van der Waals surface area contributed by atoms with Gasteiger partial charge in [-0.25, -0.2) is 4.98 Å². The van der Waals surface area contributed by atoms with E-state index in [2.05, 4.69) is 55.0 Å². The molecule has 36 heavy (non-hydrogen) atoms. The van der Waals surface area contributed by atoms with E-state index in [4.69, 9.17) is 9.26 Å². The highest BCUT2D eigenvalue weighted by molar-refractivity contribution is 5.88. The Morgan fingerprint density at radius 2 is 1.92 bits per heavy atom. The summed E-state index contributed by atoms with van der Waals surface area (Å²) in [7, 11) is 2.21. The minimum Gasteiger partial charge on any atom is -0.477 e. The van der Waals surface area contributed by atoms with Gasteiger partial charge in [0.25, 0.3) is 0 Å². The fourth-order valence-corrected chi connectivity index (χ4v) is 6.00. The maximum Gasteiger partial charge on any atom is 0.213 e. The van der Waals surface area contributed by atoms with E-state index in [9.17, 15) is 0 Å². The van der Waals surface area contributed by atoms with E-state index in [-0.39, 0.29) is 0 Å². The van der Waals surface area contributed by atoms with Crippen LogP contribution in [0.5, 0.6) is 5.88 Å². The number of piperidine rings is 1. The summed E-state index contributed by atoms with van der Waals surface area (Å²) >= 11 is 0. The van der Waals surface area contributed by atoms with Crippen LogP contribution in [0.4, 0.5) is 5.82 Å². The number of benzene rings is 1. The van der Waals surface area contributed by atoms with Gasteiger partial charge in [0.05, 0.1) is 12.0 Å². The number of para-hydroxylation sites is 1. The molecule has 0 spiro atoms. The maximum atomic E-state index is 6.14. The van der Waals surface area contributed by atoms with Crippen LogP contribution < -0.4 is 9.64 Å². The molecule has 0 saturated carbocycles. The highest BCUT2D eigenvalue weighted by atomic mass is 16.5. The largest absolute Gasteiger partial charge is 0.477 e. The molecular weight excluding hydrogens is 452 g/mol. The van der Waals surface area contributed by atoms with E-state index in [1.807, 2.05) is 24.4 Å². The van der Waals surface area contributed by atoms with Gasteiger partial charge in [-0.3, -0.25) is 9.80 Å². The molecule has 3 aliphatic rings. The monoisotopic (exact) mass is 490 g/mol. The Morgan fingerprint density at radius 1 is 0.972 bits per heavy atom. The van der Waals surface area contributed by atoms with Gasteiger partial charge in [0.15, 0.2) is 11.4 Å². The number of hydrogen-bond acceptors (Lipinski definition) is 8. The summed E-state index contributed by atoms with van der Waals surface area (Å²) in [6.45, 7) is 10.5. The predicted molar refractivity (Wildman–Crippen MR) is 141 cm³/mol. The number of pyridine rings is 1. The van der Waals surface area contributed by atoms with Crippen molar-refractivity contribution in [3.63, 3.8) is 0 Å². The summed E-state index contributed by atoms with van der Waals surface area (Å²) in [4.78, 5) is 14.6. The van der Waals surface area contributed by atoms with Crippen LogP contribution in [0.15, 0.2) is 47.1 Å². The molecule has 8 nitrogen and oxygen atoms in total. The maximum absolute atomic E-state index is 6.14. The molecule has 3 saturated heterocycles. The van der Waals surface area contributed by atoms with Gasteiger partial charge in [-0.2, -0.15) is 0 Å². The number of nitrogens with zero attached hydrogens (tertiary/aromatic N) is 6. The van der Waals surface area contributed by atoms with Crippen LogP contribution in [0, 0.1) is 5.92 Å². The fraction of sp³-hybridized carbons (Fsp3) is 0.571. The molecular formula is C28H38N6O2. The molecule has 0 unspecified atom stereocenters. The summed E-state index contributed by atoms with van der Waals surface area (Å²) in [6, 6.07) is 13.0. The molecule has 3 aromatic rings. The van der Waals surface area contributed by atoms with Gasteiger partial charge in [0.1, 0.15) is 0 Å². The SMILES string of the molecule is CN1CCCN(Cc2ccc(OC[C@@H]3CC[C@@H]4CN(c5noc6ccccc56)CCN4C3)nc2)CC1. The van der Waals surface area contributed by atoms with Crippen molar-refractivity contribution in [3.8, 4) is 5.88 Å². The summed E-state index contributed by atoms with van der Waals surface area (Å²) in [6.07, 6.45) is 5.61. The molecule has 3 fully saturated rings. The quantitative estimate of drug-likeness (QED) is 0.522. The molecule has 2 atom stereocenters. The van der Waals surface area contributed by atoms with Crippen molar-refractivity contribution in [1.29, 1.82) is 0 Å². The first-order valence-corrected chi connectivity index (χ1v) is 13.5. The van der Waals surface area contributed by atoms with E-state index in [1.54, 1.807) is 0 Å². The normalized spacial score (nSPS) is 24.5. The average molecular weight is 491 g/mol. The van der Waals surface area contributed by atoms with Gasteiger partial charge >= 0.3 is 0 Å². The third kappa shape index (κ3) is 5.36. The molecule has 0 bridgehead atoms. The molecule has 0 radical (unpaired) electrons. The molecule has 0 amide bonds. The van der Waals surface area contributed by atoms with Crippen LogP contribution in [0.3, 0.4) is 0 Å². The first kappa shape index (κ1) is 23.7. The third-order valence-corrected chi connectivity index (χ3v) is 8.15. The summed E-state index contributed by atoms with van der Waals surface area (Å²) in [5, 5.41) is 5.50. The third-order valence-electron chi connectivity index (χ3n) is 8.15. The Balaban J connectivity index is 0.973. The molecule has 1 aromatic carbocycles. The molecule has 0 aliphatic carbocycles. The lowest BCUT2D eigenvalue weighted by atomic mass is 9.91. The van der Waals surface area contributed by atoms with E-state index >= 15 is 0 Å². The lowest BCUT2D eigenvalue weighted by molar-refractivity contribution is 0.0716. The first-order valence-electron chi connectivity index (χ1n) is 13.5. The fourth-order valence-electron chi connectivity index (χ4n) is 6.00. The van der Waals surface area contributed by atoms with Crippen LogP contribution >= 0.6 is 0 Å². The van der Waals surface area contributed by atoms with Crippen molar-refractivity contribution in [2.45, 2.75) is 31.8 Å². The zero-order valence-corrected chi connectivity index (χ0v) is 21.4. The highest BCUT2D eigenvalue weighted by Gasteiger charge is 2.34. The Hall–Kier alpha value is -2.68. The molecule has 6 rings (SSSR count). The van der Waals surface area contributed by atoms with Crippen LogP contribution in [0.1, 0.15) is 24.8 Å². The van der Waals surface area contributed by atoms with E-state index < -0.39 is 0 Å². The number of piperazine rings is 1. The van der Waals surface area contributed by atoms with Crippen LogP contribution in [0.25, 0.3) is 11.0 Å². The van der Waals surface area contributed by atoms with Crippen molar-refractivity contribution < 1.29 is 9.26 Å². The first-order chi connectivity index (χ1) is 17.7. The smallest absolute Gasteiger partial charge is 0.213 e. The van der Waals surface area contributed by atoms with Gasteiger partial charge in [0.2, 0.25) is 5.88 Å². The average Bonchev–Trinajstić information content (AvgIpc) is 3.24. The summed E-state index contributed by atoms with van der Waals surface area (Å²) < 4.78 is 11.7. The molecule has 3 aliphatic heterocycles. The zero-order chi connectivity index (χ0) is 24.3. The number of anilines is 1. The van der Waals surface area contributed by atoms with E-state index in [0.717, 1.165) is 81.6 Å². The number of fused-ring (bicyclic) bond motifs is 2. The van der Waals surface area contributed by atoms with Crippen molar-refractivity contribution in [1.82, 2.24) is 24.8 Å². The van der Waals surface area contributed by atoms with Crippen LogP contribution in [-0.2, 0) is 6.54 Å². The molecule has 192 valence electrons. The molecule has 2 aromatic heterocycles. The van der Waals surface area contributed by atoms with Crippen LogP contribution in [0.2, 0.25) is 0 Å². The van der Waals surface area contributed by atoms with Crippen molar-refractivity contribution in [2.75, 3.05) is 70.9 Å². The van der Waals surface area contributed by atoms with Crippen molar-refractivity contribution in [3.05, 3.63) is 48.2 Å². The lowest BCUT2D eigenvalue weighted by Gasteiger charge is -2.46. The number of likely N-dealkylation sites (N-methyl/N-ethyl adjacent to an activating group) is 1. The standard InChI is InChI=1S/C28H38N6O2/c1-31-11-4-12-32(14-13-31)18-22-8-10-27(29-17-22)35-21-23-7-9-24-20-34(16-15-33(24)19-23)28-25-5-2-3-6-26(25)36-30-28/h2-3,5-6,8,10,17,23-24H,4,7,9,11-16,18-21H2,1H3/t23-,24-/m1/s1. The van der Waals surface area contributed by atoms with Gasteiger partial charge < -0.3 is 19.1 Å². The Morgan fingerprint density at radius 3 is 2.83 bits per heavy atom. The van der Waals surface area contributed by atoms with E-state index in [1.165, 1.54) is 31.4 Å². The van der Waals surface area contributed by atoms with Gasteiger partial charge in [-0.1, -0.05) is 23.4 Å². The molecule has 5 heterocycles. The number of rotatable bonds is 6. The second kappa shape index (κ2) is 10.7. The van der Waals surface area contributed by atoms with Crippen LogP contribution in [-0.4, -0.2) is 96.9 Å². The van der Waals surface area contributed by atoms with Gasteiger partial charge in [-0.05, 0) is 57.1 Å². The minimum atomic E-state index is 0.552. The van der Waals surface area contributed by atoms with Gasteiger partial charge in [-0.15, -0.1) is 0 Å². The number of hydrogen-bond donors (Lipinski definition) is 0. The van der Waals surface area contributed by atoms with E-state index in [0.29, 0.717) is 12.0 Å². The minimum absolute atomic E-state index is 0.552. The highest BCUT2D eigenvalue weighted by Crippen LogP contribution is 2.31. The van der Waals surface area contributed by atoms with Crippen molar-refractivity contribution >= 4 is 16.8 Å².